The molecule has 3 rings (SSSR count). The zero-order valence-corrected chi connectivity index (χ0v) is 15.4. The first kappa shape index (κ1) is 18.3. The molecule has 2 aromatic rings. The molecule has 1 fully saturated rings. The monoisotopic (exact) mass is 374 g/mol. The van der Waals surface area contributed by atoms with Crippen LogP contribution in [0.25, 0.3) is 0 Å². The number of amides is 1. The van der Waals surface area contributed by atoms with Crippen molar-refractivity contribution < 1.29 is 17.9 Å². The van der Waals surface area contributed by atoms with Crippen molar-refractivity contribution in [1.29, 1.82) is 0 Å². The number of benzene rings is 2. The minimum atomic E-state index is -3.72. The van der Waals surface area contributed by atoms with Crippen LogP contribution in [0, 0.1) is 0 Å². The number of nitrogens with one attached hydrogen (secondary N) is 2. The van der Waals surface area contributed by atoms with E-state index in [1.165, 1.54) is 31.9 Å². The van der Waals surface area contributed by atoms with E-state index in [0.29, 0.717) is 17.1 Å². The van der Waals surface area contributed by atoms with Crippen molar-refractivity contribution in [1.82, 2.24) is 0 Å². The molecule has 2 aromatic carbocycles. The van der Waals surface area contributed by atoms with E-state index in [4.69, 9.17) is 4.74 Å². The van der Waals surface area contributed by atoms with Crippen molar-refractivity contribution in [3.05, 3.63) is 48.5 Å². The molecule has 26 heavy (non-hydrogen) atoms. The van der Waals surface area contributed by atoms with Gasteiger partial charge in [-0.2, -0.15) is 0 Å². The first-order chi connectivity index (χ1) is 12.4. The van der Waals surface area contributed by atoms with Crippen LogP contribution in [-0.4, -0.2) is 20.4 Å². The molecule has 1 aliphatic rings. The second-order valence-corrected chi connectivity index (χ2v) is 8.05. The van der Waals surface area contributed by atoms with Crippen LogP contribution in [0.2, 0.25) is 0 Å². The molecule has 7 heteroatoms. The molecule has 2 N–H and O–H groups in total. The molecule has 0 atom stereocenters. The molecule has 6 nitrogen and oxygen atoms in total. The third-order valence-electron chi connectivity index (χ3n) is 4.17. The van der Waals surface area contributed by atoms with Crippen molar-refractivity contribution >= 4 is 27.3 Å². The summed E-state index contributed by atoms with van der Waals surface area (Å²) in [5.74, 6) is 0.464. The maximum absolute atomic E-state index is 12.6. The van der Waals surface area contributed by atoms with E-state index in [0.717, 1.165) is 12.8 Å². The summed E-state index contributed by atoms with van der Waals surface area (Å²) in [5.41, 5.74) is 0.903. The Bertz CT molecular complexity index is 873. The largest absolute Gasteiger partial charge is 0.490 e. The van der Waals surface area contributed by atoms with Crippen LogP contribution in [0.4, 0.5) is 11.4 Å². The predicted molar refractivity (Wildman–Crippen MR) is 101 cm³/mol. The average molecular weight is 374 g/mol. The van der Waals surface area contributed by atoms with Crippen molar-refractivity contribution in [2.45, 2.75) is 43.6 Å². The smallest absolute Gasteiger partial charge is 0.261 e. The number of rotatable bonds is 6. The Morgan fingerprint density at radius 3 is 2.35 bits per heavy atom. The molecular weight excluding hydrogens is 352 g/mol. The van der Waals surface area contributed by atoms with E-state index < -0.39 is 10.0 Å². The van der Waals surface area contributed by atoms with E-state index in [1.54, 1.807) is 36.4 Å². The van der Waals surface area contributed by atoms with Crippen LogP contribution in [0.1, 0.15) is 32.6 Å². The van der Waals surface area contributed by atoms with Crippen LogP contribution in [-0.2, 0) is 14.8 Å². The highest BCUT2D eigenvalue weighted by Gasteiger charge is 2.18. The van der Waals surface area contributed by atoms with Gasteiger partial charge >= 0.3 is 0 Å². The van der Waals surface area contributed by atoms with Crippen molar-refractivity contribution in [2.75, 3.05) is 10.0 Å². The SMILES string of the molecule is CC(=O)Nc1cccc(NS(=O)(=O)c2ccc(OC3CCCC3)cc2)c1. The minimum Gasteiger partial charge on any atom is -0.490 e. The van der Waals surface area contributed by atoms with Gasteiger partial charge in [0.15, 0.2) is 0 Å². The van der Waals surface area contributed by atoms with Gasteiger partial charge in [-0.25, -0.2) is 8.42 Å². The van der Waals surface area contributed by atoms with Gasteiger partial charge in [0.2, 0.25) is 5.91 Å². The molecule has 0 bridgehead atoms. The molecule has 0 spiro atoms. The summed E-state index contributed by atoms with van der Waals surface area (Å²) >= 11 is 0. The molecule has 0 saturated heterocycles. The average Bonchev–Trinajstić information content (AvgIpc) is 3.07. The third-order valence-corrected chi connectivity index (χ3v) is 5.57. The number of hydrogen-bond donors (Lipinski definition) is 2. The Morgan fingerprint density at radius 1 is 1.04 bits per heavy atom. The summed E-state index contributed by atoms with van der Waals surface area (Å²) in [6.07, 6.45) is 4.68. The van der Waals surface area contributed by atoms with Gasteiger partial charge in [0, 0.05) is 12.6 Å². The number of ether oxygens (including phenoxy) is 1. The van der Waals surface area contributed by atoms with Crippen LogP contribution in [0.3, 0.4) is 0 Å². The fraction of sp³-hybridized carbons (Fsp3) is 0.316. The lowest BCUT2D eigenvalue weighted by atomic mass is 10.3. The Labute approximate surface area is 153 Å². The van der Waals surface area contributed by atoms with Gasteiger partial charge < -0.3 is 10.1 Å². The molecular formula is C19H22N2O4S. The number of hydrogen-bond acceptors (Lipinski definition) is 4. The Morgan fingerprint density at radius 2 is 1.69 bits per heavy atom. The van der Waals surface area contributed by atoms with E-state index >= 15 is 0 Å². The number of anilines is 2. The van der Waals surface area contributed by atoms with Crippen LogP contribution in [0.5, 0.6) is 5.75 Å². The highest BCUT2D eigenvalue weighted by atomic mass is 32.2. The Hall–Kier alpha value is -2.54. The predicted octanol–water partition coefficient (Wildman–Crippen LogP) is 3.77. The molecule has 1 amide bonds. The van der Waals surface area contributed by atoms with E-state index in [9.17, 15) is 13.2 Å². The van der Waals surface area contributed by atoms with Crippen LogP contribution < -0.4 is 14.8 Å². The van der Waals surface area contributed by atoms with Gasteiger partial charge in [0.25, 0.3) is 10.0 Å². The highest BCUT2D eigenvalue weighted by Crippen LogP contribution is 2.26. The minimum absolute atomic E-state index is 0.154. The number of carbonyl (C=O) groups excluding carboxylic acids is 1. The normalized spacial score (nSPS) is 14.8. The summed E-state index contributed by atoms with van der Waals surface area (Å²) in [4.78, 5) is 11.3. The first-order valence-corrected chi connectivity index (χ1v) is 10.1. The quantitative estimate of drug-likeness (QED) is 0.806. The number of carbonyl (C=O) groups is 1. The van der Waals surface area contributed by atoms with Crippen molar-refractivity contribution in [2.24, 2.45) is 0 Å². The zero-order chi connectivity index (χ0) is 18.6. The summed E-state index contributed by atoms with van der Waals surface area (Å²) in [6, 6.07) is 13.0. The molecule has 0 radical (unpaired) electrons. The summed E-state index contributed by atoms with van der Waals surface area (Å²) in [5, 5.41) is 2.62. The maximum Gasteiger partial charge on any atom is 0.261 e. The second-order valence-electron chi connectivity index (χ2n) is 6.36. The van der Waals surface area contributed by atoms with Crippen molar-refractivity contribution in [3.63, 3.8) is 0 Å². The fourth-order valence-electron chi connectivity index (χ4n) is 2.97. The molecule has 1 saturated carbocycles. The molecule has 0 unspecified atom stereocenters. The lowest BCUT2D eigenvalue weighted by Crippen LogP contribution is -2.14. The topological polar surface area (TPSA) is 84.5 Å². The molecule has 0 heterocycles. The van der Waals surface area contributed by atoms with Crippen LogP contribution in [0.15, 0.2) is 53.4 Å². The fourth-order valence-corrected chi connectivity index (χ4v) is 4.02. The van der Waals surface area contributed by atoms with Gasteiger partial charge in [0.05, 0.1) is 16.7 Å². The van der Waals surface area contributed by atoms with E-state index in [-0.39, 0.29) is 16.9 Å². The molecule has 0 aromatic heterocycles. The summed E-state index contributed by atoms with van der Waals surface area (Å²) in [7, 11) is -3.72. The van der Waals surface area contributed by atoms with Gasteiger partial charge in [-0.05, 0) is 68.1 Å². The van der Waals surface area contributed by atoms with Gasteiger partial charge in [0.1, 0.15) is 5.75 Å². The third kappa shape index (κ3) is 4.76. The molecule has 138 valence electrons. The summed E-state index contributed by atoms with van der Waals surface area (Å²) in [6.45, 7) is 1.39. The van der Waals surface area contributed by atoms with E-state index in [1.807, 2.05) is 0 Å². The molecule has 1 aliphatic carbocycles. The lowest BCUT2D eigenvalue weighted by Gasteiger charge is -2.14. The standard InChI is InChI=1S/C19H22N2O4S/c1-14(22)20-15-5-4-6-16(13-15)21-26(23,24)19-11-9-18(10-12-19)25-17-7-2-3-8-17/h4-6,9-13,17,21H,2-3,7-8H2,1H3,(H,20,22). The van der Waals surface area contributed by atoms with E-state index in [2.05, 4.69) is 10.0 Å². The maximum atomic E-state index is 12.6. The Kier molecular flexibility index (Phi) is 5.46. The number of sulfonamides is 1. The second kappa shape index (κ2) is 7.78. The van der Waals surface area contributed by atoms with Crippen LogP contribution >= 0.6 is 0 Å². The zero-order valence-electron chi connectivity index (χ0n) is 14.6. The molecule has 0 aliphatic heterocycles. The van der Waals surface area contributed by atoms with Gasteiger partial charge in [-0.3, -0.25) is 9.52 Å². The Balaban J connectivity index is 1.70. The van der Waals surface area contributed by atoms with Gasteiger partial charge in [-0.1, -0.05) is 6.07 Å². The van der Waals surface area contributed by atoms with Crippen molar-refractivity contribution in [3.8, 4) is 5.75 Å². The highest BCUT2D eigenvalue weighted by molar-refractivity contribution is 7.92. The lowest BCUT2D eigenvalue weighted by molar-refractivity contribution is -0.114. The van der Waals surface area contributed by atoms with Gasteiger partial charge in [-0.15, -0.1) is 0 Å². The summed E-state index contributed by atoms with van der Waals surface area (Å²) < 4.78 is 33.5. The first-order valence-electron chi connectivity index (χ1n) is 8.59.